The first-order chi connectivity index (χ1) is 15.6. The van der Waals surface area contributed by atoms with Gasteiger partial charge < -0.3 is 25.0 Å². The zero-order valence-electron chi connectivity index (χ0n) is 19.9. The van der Waals surface area contributed by atoms with Gasteiger partial charge in [-0.1, -0.05) is 19.1 Å². The van der Waals surface area contributed by atoms with E-state index in [4.69, 9.17) is 9.47 Å². The number of piperidine rings is 1. The van der Waals surface area contributed by atoms with Crippen molar-refractivity contribution in [1.82, 2.24) is 15.5 Å². The van der Waals surface area contributed by atoms with Gasteiger partial charge in [-0.05, 0) is 63.1 Å². The molecular weight excluding hydrogens is 404 g/mol. The lowest BCUT2D eigenvalue weighted by atomic mass is 10.1. The summed E-state index contributed by atoms with van der Waals surface area (Å²) in [6.07, 6.45) is 7.08. The molecule has 2 aliphatic heterocycles. The van der Waals surface area contributed by atoms with Crippen molar-refractivity contribution in [2.75, 3.05) is 33.4 Å². The number of ether oxygens (including phenoxy) is 2. The second-order valence-corrected chi connectivity index (χ2v) is 8.89. The molecule has 1 aromatic rings. The van der Waals surface area contributed by atoms with Gasteiger partial charge in [0.15, 0.2) is 5.96 Å². The molecule has 0 saturated carbocycles. The highest BCUT2D eigenvalue weighted by Crippen LogP contribution is 2.18. The number of nitrogens with zero attached hydrogens (tertiary/aromatic N) is 2. The lowest BCUT2D eigenvalue weighted by molar-refractivity contribution is -0.0721. The van der Waals surface area contributed by atoms with Gasteiger partial charge >= 0.3 is 0 Å². The standard InChI is InChI=1S/C25H40N4O3/c1-4-19(2)28-24(30)21-10-8-20(9-11-21)17-27-25(26-3)29-14-12-22(13-15-29)32-18-23-7-5-6-16-31-23/h8-11,19,22-23H,4-7,12-18H2,1-3H3,(H,26,27)(H,28,30). The van der Waals surface area contributed by atoms with Crippen LogP contribution in [-0.2, 0) is 16.0 Å². The van der Waals surface area contributed by atoms with E-state index in [1.54, 1.807) is 0 Å². The third kappa shape index (κ3) is 7.48. The van der Waals surface area contributed by atoms with Crippen LogP contribution in [0.1, 0.15) is 68.3 Å². The molecule has 2 aliphatic rings. The first-order valence-electron chi connectivity index (χ1n) is 12.2. The zero-order chi connectivity index (χ0) is 22.8. The van der Waals surface area contributed by atoms with Crippen LogP contribution in [0.2, 0.25) is 0 Å². The average Bonchev–Trinajstić information content (AvgIpc) is 2.84. The fraction of sp³-hybridized carbons (Fsp3) is 0.680. The molecule has 7 heteroatoms. The Morgan fingerprint density at radius 3 is 2.59 bits per heavy atom. The molecule has 2 N–H and O–H groups in total. The van der Waals surface area contributed by atoms with Crippen molar-refractivity contribution >= 4 is 11.9 Å². The van der Waals surface area contributed by atoms with Gasteiger partial charge in [0.2, 0.25) is 0 Å². The zero-order valence-corrected chi connectivity index (χ0v) is 19.9. The van der Waals surface area contributed by atoms with Gasteiger partial charge in [-0.3, -0.25) is 9.79 Å². The largest absolute Gasteiger partial charge is 0.376 e. The molecule has 2 saturated heterocycles. The number of carbonyl (C=O) groups is 1. The number of hydrogen-bond acceptors (Lipinski definition) is 4. The van der Waals surface area contributed by atoms with Crippen LogP contribution in [0.4, 0.5) is 0 Å². The Labute approximate surface area is 192 Å². The van der Waals surface area contributed by atoms with Crippen LogP contribution in [0.15, 0.2) is 29.3 Å². The highest BCUT2D eigenvalue weighted by Gasteiger charge is 2.23. The Morgan fingerprint density at radius 1 is 1.22 bits per heavy atom. The van der Waals surface area contributed by atoms with Gasteiger partial charge in [0.05, 0.1) is 18.8 Å². The minimum Gasteiger partial charge on any atom is -0.376 e. The number of carbonyl (C=O) groups excluding carboxylic acids is 1. The van der Waals surface area contributed by atoms with Gasteiger partial charge in [-0.25, -0.2) is 0 Å². The van der Waals surface area contributed by atoms with E-state index >= 15 is 0 Å². The fourth-order valence-corrected chi connectivity index (χ4v) is 4.11. The summed E-state index contributed by atoms with van der Waals surface area (Å²) in [5, 5.41) is 6.46. The first kappa shape index (κ1) is 24.5. The smallest absolute Gasteiger partial charge is 0.251 e. The number of nitrogens with one attached hydrogen (secondary N) is 2. The average molecular weight is 445 g/mol. The van der Waals surface area contributed by atoms with Crippen LogP contribution in [0, 0.1) is 0 Å². The summed E-state index contributed by atoms with van der Waals surface area (Å²) in [6.45, 7) is 8.23. The molecule has 2 unspecified atom stereocenters. The number of likely N-dealkylation sites (tertiary alicyclic amines) is 1. The number of rotatable bonds is 8. The molecule has 3 rings (SSSR count). The third-order valence-electron chi connectivity index (χ3n) is 6.40. The number of amides is 1. The van der Waals surface area contributed by atoms with Crippen molar-refractivity contribution in [2.45, 2.75) is 77.2 Å². The Hall–Kier alpha value is -2.12. The monoisotopic (exact) mass is 444 g/mol. The molecule has 0 aliphatic carbocycles. The molecular formula is C25H40N4O3. The molecule has 2 heterocycles. The Bertz CT molecular complexity index is 723. The van der Waals surface area contributed by atoms with E-state index in [1.165, 1.54) is 12.8 Å². The van der Waals surface area contributed by atoms with E-state index in [9.17, 15) is 4.79 Å². The van der Waals surface area contributed by atoms with E-state index in [0.29, 0.717) is 18.2 Å². The van der Waals surface area contributed by atoms with Crippen LogP contribution in [-0.4, -0.2) is 68.4 Å². The van der Waals surface area contributed by atoms with E-state index in [0.717, 1.165) is 63.5 Å². The summed E-state index contributed by atoms with van der Waals surface area (Å²) in [4.78, 5) is 19.0. The summed E-state index contributed by atoms with van der Waals surface area (Å²) < 4.78 is 11.9. The van der Waals surface area contributed by atoms with E-state index in [-0.39, 0.29) is 18.1 Å². The lowest BCUT2D eigenvalue weighted by Crippen LogP contribution is -2.47. The van der Waals surface area contributed by atoms with Crippen LogP contribution < -0.4 is 10.6 Å². The van der Waals surface area contributed by atoms with Gasteiger partial charge in [0.1, 0.15) is 0 Å². The molecule has 1 amide bonds. The highest BCUT2D eigenvalue weighted by molar-refractivity contribution is 5.94. The topological polar surface area (TPSA) is 75.2 Å². The van der Waals surface area contributed by atoms with Crippen LogP contribution >= 0.6 is 0 Å². The second-order valence-electron chi connectivity index (χ2n) is 8.89. The molecule has 1 aromatic carbocycles. The van der Waals surface area contributed by atoms with Crippen molar-refractivity contribution < 1.29 is 14.3 Å². The predicted octanol–water partition coefficient (Wildman–Crippen LogP) is 3.34. The first-order valence-corrected chi connectivity index (χ1v) is 12.2. The van der Waals surface area contributed by atoms with Crippen molar-refractivity contribution in [3.8, 4) is 0 Å². The number of benzene rings is 1. The third-order valence-corrected chi connectivity index (χ3v) is 6.40. The van der Waals surface area contributed by atoms with Gasteiger partial charge in [0, 0.05) is 44.9 Å². The Morgan fingerprint density at radius 2 is 1.97 bits per heavy atom. The normalized spacial score (nSPS) is 21.3. The van der Waals surface area contributed by atoms with Crippen molar-refractivity contribution in [1.29, 1.82) is 0 Å². The number of hydrogen-bond donors (Lipinski definition) is 2. The maximum Gasteiger partial charge on any atom is 0.251 e. The van der Waals surface area contributed by atoms with Crippen LogP contribution in [0.5, 0.6) is 0 Å². The molecule has 178 valence electrons. The molecule has 2 atom stereocenters. The maximum absolute atomic E-state index is 12.2. The van der Waals surface area contributed by atoms with E-state index < -0.39 is 0 Å². The molecule has 0 aromatic heterocycles. The lowest BCUT2D eigenvalue weighted by Gasteiger charge is -2.35. The fourth-order valence-electron chi connectivity index (χ4n) is 4.11. The summed E-state index contributed by atoms with van der Waals surface area (Å²) in [7, 11) is 1.83. The SMILES string of the molecule is CCC(C)NC(=O)c1ccc(CNC(=NC)N2CCC(OCC3CCCCO3)CC2)cc1. The van der Waals surface area contributed by atoms with Gasteiger partial charge in [0.25, 0.3) is 5.91 Å². The quantitative estimate of drug-likeness (QED) is 0.475. The molecule has 7 nitrogen and oxygen atoms in total. The summed E-state index contributed by atoms with van der Waals surface area (Å²) in [5.41, 5.74) is 1.82. The molecule has 0 radical (unpaired) electrons. The summed E-state index contributed by atoms with van der Waals surface area (Å²) >= 11 is 0. The van der Waals surface area contributed by atoms with Gasteiger partial charge in [-0.2, -0.15) is 0 Å². The summed E-state index contributed by atoms with van der Waals surface area (Å²) in [6, 6.07) is 7.95. The second kappa shape index (κ2) is 12.8. The van der Waals surface area contributed by atoms with Crippen LogP contribution in [0.3, 0.4) is 0 Å². The molecule has 0 bridgehead atoms. The van der Waals surface area contributed by atoms with E-state index in [1.807, 2.05) is 38.2 Å². The minimum absolute atomic E-state index is 0.0187. The van der Waals surface area contributed by atoms with Crippen molar-refractivity contribution in [2.24, 2.45) is 4.99 Å². The molecule has 0 spiro atoms. The van der Waals surface area contributed by atoms with Gasteiger partial charge in [-0.15, -0.1) is 0 Å². The minimum atomic E-state index is -0.0187. The van der Waals surface area contributed by atoms with Crippen LogP contribution in [0.25, 0.3) is 0 Å². The summed E-state index contributed by atoms with van der Waals surface area (Å²) in [5.74, 6) is 0.896. The Kier molecular flexibility index (Phi) is 9.81. The highest BCUT2D eigenvalue weighted by atomic mass is 16.5. The predicted molar refractivity (Wildman–Crippen MR) is 128 cm³/mol. The van der Waals surface area contributed by atoms with Crippen molar-refractivity contribution in [3.63, 3.8) is 0 Å². The van der Waals surface area contributed by atoms with E-state index in [2.05, 4.69) is 27.4 Å². The number of guanidine groups is 1. The molecule has 2 fully saturated rings. The maximum atomic E-state index is 12.2. The molecule has 32 heavy (non-hydrogen) atoms. The Balaban J connectivity index is 1.39. The number of aliphatic imine (C=N–C) groups is 1. The van der Waals surface area contributed by atoms with Crippen molar-refractivity contribution in [3.05, 3.63) is 35.4 Å².